The number of ether oxygens (including phenoxy) is 1. The van der Waals surface area contributed by atoms with Crippen LogP contribution in [0.1, 0.15) is 35.1 Å². The van der Waals surface area contributed by atoms with Gasteiger partial charge in [0.25, 0.3) is 5.91 Å². The fourth-order valence-electron chi connectivity index (χ4n) is 4.08. The van der Waals surface area contributed by atoms with E-state index in [4.69, 9.17) is 4.74 Å². The Hall–Kier alpha value is -2.82. The number of carbonyl (C=O) groups excluding carboxylic acids is 2. The zero-order valence-corrected chi connectivity index (χ0v) is 15.0. The molecule has 2 aromatic carbocycles. The van der Waals surface area contributed by atoms with Gasteiger partial charge in [-0.25, -0.2) is 4.79 Å². The summed E-state index contributed by atoms with van der Waals surface area (Å²) in [5, 5.41) is 3.00. The highest BCUT2D eigenvalue weighted by atomic mass is 16.5. The second-order valence-electron chi connectivity index (χ2n) is 7.03. The van der Waals surface area contributed by atoms with E-state index in [0.717, 1.165) is 40.8 Å². The van der Waals surface area contributed by atoms with E-state index >= 15 is 0 Å². The van der Waals surface area contributed by atoms with Crippen molar-refractivity contribution in [2.24, 2.45) is 0 Å². The standard InChI is InChI=1S/C21H22N2O3/c1-14-6-3-4-7-16(14)13-23-19(24)21(22-20(23)25)11-5-8-15-12-17(26-2)9-10-18(15)21/h3-4,6-7,9-10,12H,5,8,11,13H2,1-2H3,(H,22,25). The van der Waals surface area contributed by atoms with Crippen LogP contribution in [-0.2, 0) is 23.3 Å². The van der Waals surface area contributed by atoms with Crippen LogP contribution >= 0.6 is 0 Å². The van der Waals surface area contributed by atoms with E-state index in [1.54, 1.807) is 7.11 Å². The predicted octanol–water partition coefficient (Wildman–Crippen LogP) is 3.29. The second-order valence-corrected chi connectivity index (χ2v) is 7.03. The number of hydrogen-bond donors (Lipinski definition) is 1. The van der Waals surface area contributed by atoms with Gasteiger partial charge in [0.2, 0.25) is 0 Å². The number of imide groups is 1. The van der Waals surface area contributed by atoms with Crippen molar-refractivity contribution in [2.45, 2.75) is 38.3 Å². The number of fused-ring (bicyclic) bond motifs is 2. The summed E-state index contributed by atoms with van der Waals surface area (Å²) in [6.45, 7) is 2.29. The van der Waals surface area contributed by atoms with E-state index in [9.17, 15) is 9.59 Å². The summed E-state index contributed by atoms with van der Waals surface area (Å²) in [6, 6.07) is 13.3. The van der Waals surface area contributed by atoms with Gasteiger partial charge < -0.3 is 10.1 Å². The maximum atomic E-state index is 13.3. The molecule has 0 saturated carbocycles. The van der Waals surface area contributed by atoms with Crippen molar-refractivity contribution in [3.05, 3.63) is 64.7 Å². The molecule has 26 heavy (non-hydrogen) atoms. The molecule has 0 radical (unpaired) electrons. The molecule has 5 heteroatoms. The molecular formula is C21H22N2O3. The lowest BCUT2D eigenvalue weighted by Crippen LogP contribution is -2.46. The fourth-order valence-corrected chi connectivity index (χ4v) is 4.08. The van der Waals surface area contributed by atoms with Gasteiger partial charge in [0, 0.05) is 0 Å². The van der Waals surface area contributed by atoms with Crippen LogP contribution < -0.4 is 10.1 Å². The summed E-state index contributed by atoms with van der Waals surface area (Å²) in [5.74, 6) is 0.617. The van der Waals surface area contributed by atoms with Crippen molar-refractivity contribution >= 4 is 11.9 Å². The molecule has 134 valence electrons. The van der Waals surface area contributed by atoms with Gasteiger partial charge in [-0.1, -0.05) is 30.3 Å². The maximum Gasteiger partial charge on any atom is 0.325 e. The quantitative estimate of drug-likeness (QED) is 0.864. The Labute approximate surface area is 153 Å². The molecule has 1 aliphatic carbocycles. The molecule has 1 spiro atoms. The summed E-state index contributed by atoms with van der Waals surface area (Å²) in [4.78, 5) is 27.4. The molecular weight excluding hydrogens is 328 g/mol. The first kappa shape index (κ1) is 16.6. The molecule has 3 amide bonds. The van der Waals surface area contributed by atoms with Crippen molar-refractivity contribution in [1.82, 2.24) is 10.2 Å². The Kier molecular flexibility index (Phi) is 3.94. The molecule has 2 aromatic rings. The zero-order valence-electron chi connectivity index (χ0n) is 15.0. The van der Waals surface area contributed by atoms with Crippen LogP contribution in [0.2, 0.25) is 0 Å². The molecule has 1 N–H and O–H groups in total. The highest BCUT2D eigenvalue weighted by Crippen LogP contribution is 2.41. The molecule has 5 nitrogen and oxygen atoms in total. The van der Waals surface area contributed by atoms with Crippen LogP contribution in [0.25, 0.3) is 0 Å². The second kappa shape index (κ2) is 6.16. The average Bonchev–Trinajstić information content (AvgIpc) is 2.88. The number of rotatable bonds is 3. The van der Waals surface area contributed by atoms with Crippen LogP contribution in [0.15, 0.2) is 42.5 Å². The molecule has 1 fully saturated rings. The van der Waals surface area contributed by atoms with Crippen LogP contribution in [0.5, 0.6) is 5.75 Å². The van der Waals surface area contributed by atoms with Crippen molar-refractivity contribution in [3.63, 3.8) is 0 Å². The lowest BCUT2D eigenvalue weighted by Gasteiger charge is -2.33. The first-order chi connectivity index (χ1) is 12.5. The topological polar surface area (TPSA) is 58.6 Å². The van der Waals surface area contributed by atoms with E-state index in [1.807, 2.05) is 49.4 Å². The number of nitrogens with one attached hydrogen (secondary N) is 1. The third kappa shape index (κ3) is 2.46. The predicted molar refractivity (Wildman–Crippen MR) is 97.9 cm³/mol. The lowest BCUT2D eigenvalue weighted by molar-refractivity contribution is -0.132. The van der Waals surface area contributed by atoms with Crippen LogP contribution in [0, 0.1) is 6.92 Å². The maximum absolute atomic E-state index is 13.3. The first-order valence-electron chi connectivity index (χ1n) is 8.91. The molecule has 1 saturated heterocycles. The normalized spacial score (nSPS) is 21.7. The number of methoxy groups -OCH3 is 1. The Morgan fingerprint density at radius 3 is 2.77 bits per heavy atom. The summed E-state index contributed by atoms with van der Waals surface area (Å²) < 4.78 is 5.31. The number of nitrogens with zero attached hydrogens (tertiary/aromatic N) is 1. The summed E-state index contributed by atoms with van der Waals surface area (Å²) in [7, 11) is 1.63. The Morgan fingerprint density at radius 2 is 2.00 bits per heavy atom. The van der Waals surface area contributed by atoms with Crippen molar-refractivity contribution in [1.29, 1.82) is 0 Å². The van der Waals surface area contributed by atoms with Gasteiger partial charge in [0.1, 0.15) is 11.3 Å². The van der Waals surface area contributed by atoms with Crippen LogP contribution in [0.3, 0.4) is 0 Å². The van der Waals surface area contributed by atoms with Crippen molar-refractivity contribution < 1.29 is 14.3 Å². The highest BCUT2D eigenvalue weighted by Gasteiger charge is 2.53. The van der Waals surface area contributed by atoms with E-state index in [-0.39, 0.29) is 11.9 Å². The van der Waals surface area contributed by atoms with Gasteiger partial charge in [-0.3, -0.25) is 9.69 Å². The molecule has 4 rings (SSSR count). The van der Waals surface area contributed by atoms with Gasteiger partial charge in [-0.15, -0.1) is 0 Å². The minimum absolute atomic E-state index is 0.156. The van der Waals surface area contributed by atoms with E-state index in [1.165, 1.54) is 4.90 Å². The van der Waals surface area contributed by atoms with Gasteiger partial charge in [0.15, 0.2) is 0 Å². The monoisotopic (exact) mass is 350 g/mol. The van der Waals surface area contributed by atoms with E-state index < -0.39 is 5.54 Å². The number of carbonyl (C=O) groups is 2. The molecule has 1 atom stereocenters. The molecule has 0 bridgehead atoms. The van der Waals surface area contributed by atoms with Crippen molar-refractivity contribution in [3.8, 4) is 5.75 Å². The molecule has 1 heterocycles. The Balaban J connectivity index is 1.71. The minimum Gasteiger partial charge on any atom is -0.497 e. The average molecular weight is 350 g/mol. The molecule has 2 aliphatic rings. The number of benzene rings is 2. The number of amides is 3. The molecule has 0 aromatic heterocycles. The van der Waals surface area contributed by atoms with Gasteiger partial charge in [0.05, 0.1) is 13.7 Å². The highest BCUT2D eigenvalue weighted by molar-refractivity contribution is 6.07. The smallest absolute Gasteiger partial charge is 0.325 e. The first-order valence-corrected chi connectivity index (χ1v) is 8.91. The van der Waals surface area contributed by atoms with Crippen LogP contribution in [0.4, 0.5) is 4.79 Å². The minimum atomic E-state index is -0.945. The van der Waals surface area contributed by atoms with E-state index in [0.29, 0.717) is 13.0 Å². The third-order valence-electron chi connectivity index (χ3n) is 5.54. The largest absolute Gasteiger partial charge is 0.497 e. The number of aryl methyl sites for hydroxylation is 2. The Bertz CT molecular complexity index is 893. The molecule has 1 aliphatic heterocycles. The fraction of sp³-hybridized carbons (Fsp3) is 0.333. The SMILES string of the molecule is COc1ccc2c(c1)CCCC21NC(=O)N(Cc2ccccc2C)C1=O. The summed E-state index contributed by atoms with van der Waals surface area (Å²) in [6.07, 6.45) is 2.36. The van der Waals surface area contributed by atoms with Gasteiger partial charge >= 0.3 is 6.03 Å². The Morgan fingerprint density at radius 1 is 1.19 bits per heavy atom. The molecule has 1 unspecified atom stereocenters. The zero-order chi connectivity index (χ0) is 18.3. The summed E-state index contributed by atoms with van der Waals surface area (Å²) >= 11 is 0. The van der Waals surface area contributed by atoms with Gasteiger partial charge in [-0.05, 0) is 60.6 Å². The lowest BCUT2D eigenvalue weighted by atomic mass is 9.76. The number of hydrogen-bond acceptors (Lipinski definition) is 3. The van der Waals surface area contributed by atoms with Crippen LogP contribution in [-0.4, -0.2) is 23.9 Å². The number of urea groups is 1. The van der Waals surface area contributed by atoms with Crippen molar-refractivity contribution in [2.75, 3.05) is 7.11 Å². The summed E-state index contributed by atoms with van der Waals surface area (Å²) in [5.41, 5.74) is 3.08. The van der Waals surface area contributed by atoms with Gasteiger partial charge in [-0.2, -0.15) is 0 Å². The van der Waals surface area contributed by atoms with E-state index in [2.05, 4.69) is 5.32 Å². The third-order valence-corrected chi connectivity index (χ3v) is 5.54.